The van der Waals surface area contributed by atoms with Crippen molar-refractivity contribution < 1.29 is 0 Å². The van der Waals surface area contributed by atoms with E-state index in [-0.39, 0.29) is 4.82 Å². The summed E-state index contributed by atoms with van der Waals surface area (Å²) in [6.45, 7) is 3.52. The van der Waals surface area contributed by atoms with Crippen LogP contribution in [-0.4, -0.2) is 16.0 Å². The minimum atomic E-state index is 0.0671. The molecule has 0 aromatic carbocycles. The molecule has 6 heavy (non-hydrogen) atoms. The molecule has 0 aliphatic rings. The van der Waals surface area contributed by atoms with E-state index in [0.29, 0.717) is 6.42 Å². The number of nitriles is 1. The van der Waals surface area contributed by atoms with Gasteiger partial charge in [-0.25, -0.2) is 0 Å². The Balaban J connectivity index is 3.04. The molecule has 0 aromatic heterocycles. The van der Waals surface area contributed by atoms with Gasteiger partial charge in [0.25, 0.3) is 0 Å². The van der Waals surface area contributed by atoms with Crippen molar-refractivity contribution in [3.8, 4) is 6.07 Å². The van der Waals surface area contributed by atoms with Gasteiger partial charge < -0.3 is 0 Å². The molecule has 1 atom stereocenters. The van der Waals surface area contributed by atoms with Gasteiger partial charge in [-0.2, -0.15) is 0 Å². The second-order valence-corrected chi connectivity index (χ2v) is 2.24. The molecule has 0 bridgehead atoms. The molecule has 0 aromatic rings. The van der Waals surface area contributed by atoms with Gasteiger partial charge in [-0.05, 0) is 0 Å². The molecular weight excluding hydrogens is 141 g/mol. The topological polar surface area (TPSA) is 23.8 Å². The van der Waals surface area contributed by atoms with Crippen LogP contribution in [0.2, 0.25) is 4.82 Å². The van der Waals surface area contributed by atoms with Crippen LogP contribution < -0.4 is 0 Å². The van der Waals surface area contributed by atoms with Crippen molar-refractivity contribution in [3.05, 3.63) is 6.92 Å². The zero-order valence-electron chi connectivity index (χ0n) is 3.39. The van der Waals surface area contributed by atoms with Crippen LogP contribution in [0.15, 0.2) is 0 Å². The Hall–Kier alpha value is 0.00948. The minimum absolute atomic E-state index is 0.0671. The van der Waals surface area contributed by atoms with Crippen molar-refractivity contribution in [3.63, 3.8) is 0 Å². The molecule has 1 unspecified atom stereocenters. The summed E-state index contributed by atoms with van der Waals surface area (Å²) in [5.41, 5.74) is 0. The number of hydrogen-bond donors (Lipinski definition) is 0. The summed E-state index contributed by atoms with van der Waals surface area (Å²) in [7, 11) is 0. The average Bonchev–Trinajstić information content (AvgIpc) is 1.65. The van der Waals surface area contributed by atoms with Crippen LogP contribution in [0.25, 0.3) is 0 Å². The van der Waals surface area contributed by atoms with E-state index in [1.807, 2.05) is 6.07 Å². The Bertz CT molecular complexity index is 64.4. The van der Waals surface area contributed by atoms with Crippen LogP contribution in [0.3, 0.4) is 0 Å². The molecule has 33 valence electrons. The van der Waals surface area contributed by atoms with E-state index in [4.69, 9.17) is 5.26 Å². The first kappa shape index (κ1) is 6.01. The summed E-state index contributed by atoms with van der Waals surface area (Å²) in [6.07, 6.45) is 0.691. The van der Waals surface area contributed by atoms with Gasteiger partial charge in [0.15, 0.2) is 0 Å². The number of rotatable bonds is 1. The molecule has 0 heterocycles. The number of nitrogens with zero attached hydrogens (tertiary/aromatic N) is 1. The van der Waals surface area contributed by atoms with Crippen molar-refractivity contribution in [2.24, 2.45) is 0 Å². The molecule has 0 fully saturated rings. The summed E-state index contributed by atoms with van der Waals surface area (Å²) in [4.78, 5) is 0.0671. The fourth-order valence-electron chi connectivity index (χ4n) is 0.0645. The van der Waals surface area contributed by atoms with E-state index in [0.717, 1.165) is 0 Å². The Morgan fingerprint density at radius 2 is 2.50 bits per heavy atom. The van der Waals surface area contributed by atoms with Crippen LogP contribution in [0.1, 0.15) is 6.42 Å². The van der Waals surface area contributed by atoms with Crippen molar-refractivity contribution >= 4 is 16.0 Å². The summed E-state index contributed by atoms with van der Waals surface area (Å²) in [5, 5.41) is 8.03. The van der Waals surface area contributed by atoms with Crippen LogP contribution in [-0.2, 0) is 0 Å². The molecule has 0 rings (SSSR count). The third-order valence-corrected chi connectivity index (χ3v) is 1.21. The van der Waals surface area contributed by atoms with Gasteiger partial charge in [-0.1, -0.05) is 0 Å². The Morgan fingerprint density at radius 3 is 2.50 bits per heavy atom. The van der Waals surface area contributed by atoms with Gasteiger partial charge in [0.1, 0.15) is 0 Å². The molecule has 0 aliphatic heterocycles. The van der Waals surface area contributed by atoms with Crippen LogP contribution in [0.5, 0.6) is 0 Å². The molecule has 0 spiro atoms. The normalized spacial score (nSPS) is 12.8. The standard InChI is InChI=1S/C4H6NSe/c1-2-4(6)3-5/h4,6H,1-2H2. The van der Waals surface area contributed by atoms with Gasteiger partial charge in [0.05, 0.1) is 0 Å². The molecule has 0 aliphatic carbocycles. The zero-order valence-corrected chi connectivity index (χ0v) is 5.26. The van der Waals surface area contributed by atoms with Gasteiger partial charge in [-0.3, -0.25) is 0 Å². The quantitative estimate of drug-likeness (QED) is 0.493. The van der Waals surface area contributed by atoms with E-state index in [9.17, 15) is 0 Å². The predicted molar refractivity (Wildman–Crippen MR) is 26.5 cm³/mol. The van der Waals surface area contributed by atoms with Crippen molar-refractivity contribution in [1.82, 2.24) is 0 Å². The third kappa shape index (κ3) is 2.26. The molecule has 1 radical (unpaired) electrons. The van der Waals surface area contributed by atoms with E-state index in [1.165, 1.54) is 0 Å². The van der Waals surface area contributed by atoms with E-state index < -0.39 is 0 Å². The van der Waals surface area contributed by atoms with E-state index in [1.54, 1.807) is 0 Å². The van der Waals surface area contributed by atoms with E-state index in [2.05, 4.69) is 22.9 Å². The summed E-state index contributed by atoms with van der Waals surface area (Å²) < 4.78 is 0. The van der Waals surface area contributed by atoms with Gasteiger partial charge in [-0.15, -0.1) is 0 Å². The molecule has 0 saturated carbocycles. The Morgan fingerprint density at radius 1 is 2.00 bits per heavy atom. The third-order valence-electron chi connectivity index (χ3n) is 0.422. The molecule has 0 saturated heterocycles. The average molecular weight is 147 g/mol. The van der Waals surface area contributed by atoms with E-state index >= 15 is 0 Å². The fraction of sp³-hybridized carbons (Fsp3) is 0.500. The fourth-order valence-corrected chi connectivity index (χ4v) is 0.0645. The SMILES string of the molecule is [CH2]CC([SeH])C#N. The first-order chi connectivity index (χ1) is 2.81. The molecule has 0 N–H and O–H groups in total. The molecule has 2 heteroatoms. The second kappa shape index (κ2) is 3.21. The van der Waals surface area contributed by atoms with Gasteiger partial charge in [0, 0.05) is 0 Å². The second-order valence-electron chi connectivity index (χ2n) is 0.934. The van der Waals surface area contributed by atoms with Gasteiger partial charge >= 0.3 is 45.5 Å². The zero-order chi connectivity index (χ0) is 4.99. The first-order valence-corrected chi connectivity index (χ1v) is 2.76. The monoisotopic (exact) mass is 148 g/mol. The molecular formula is C4H6NSe. The van der Waals surface area contributed by atoms with Gasteiger partial charge in [0.2, 0.25) is 0 Å². The summed E-state index contributed by atoms with van der Waals surface area (Å²) in [6, 6.07) is 2.02. The van der Waals surface area contributed by atoms with Crippen molar-refractivity contribution in [2.45, 2.75) is 11.2 Å². The van der Waals surface area contributed by atoms with Crippen LogP contribution in [0, 0.1) is 18.3 Å². The molecule has 1 nitrogen and oxygen atoms in total. The predicted octanol–water partition coefficient (Wildman–Crippen LogP) is 0.423. The Labute approximate surface area is 46.2 Å². The maximum absolute atomic E-state index is 8.03. The summed E-state index contributed by atoms with van der Waals surface area (Å²) >= 11 is 2.25. The number of hydrogen-bond acceptors (Lipinski definition) is 1. The molecule has 0 amide bonds. The van der Waals surface area contributed by atoms with Crippen LogP contribution >= 0.6 is 0 Å². The Kier molecular flexibility index (Phi) is 3.21. The summed E-state index contributed by atoms with van der Waals surface area (Å²) in [5.74, 6) is 0. The van der Waals surface area contributed by atoms with Crippen molar-refractivity contribution in [2.75, 3.05) is 0 Å². The van der Waals surface area contributed by atoms with Crippen LogP contribution in [0.4, 0.5) is 0 Å². The maximum atomic E-state index is 8.03. The first-order valence-electron chi connectivity index (χ1n) is 1.68. The van der Waals surface area contributed by atoms with Crippen molar-refractivity contribution in [1.29, 1.82) is 5.26 Å².